The molecule has 1 atom stereocenters. The summed E-state index contributed by atoms with van der Waals surface area (Å²) in [4.78, 5) is 13.2. The van der Waals surface area contributed by atoms with E-state index in [2.05, 4.69) is 6.07 Å². The molecule has 2 aromatic carbocycles. The van der Waals surface area contributed by atoms with E-state index >= 15 is 0 Å². The third-order valence-corrected chi connectivity index (χ3v) is 5.46. The van der Waals surface area contributed by atoms with Gasteiger partial charge >= 0.3 is 0 Å². The first-order valence-corrected chi connectivity index (χ1v) is 9.74. The Morgan fingerprint density at radius 2 is 1.81 bits per heavy atom. The number of hydrogen-bond acceptors (Lipinski definition) is 8. The molecule has 0 aromatic heterocycles. The van der Waals surface area contributed by atoms with Gasteiger partial charge in [0.2, 0.25) is 0 Å². The maximum absolute atomic E-state index is 11.6. The summed E-state index contributed by atoms with van der Waals surface area (Å²) >= 11 is 0. The predicted octanol–water partition coefficient (Wildman–Crippen LogP) is 2.99. The lowest BCUT2D eigenvalue weighted by molar-refractivity contribution is -0.387. The van der Waals surface area contributed by atoms with Crippen molar-refractivity contribution in [1.29, 1.82) is 5.26 Å². The van der Waals surface area contributed by atoms with Gasteiger partial charge in [0.15, 0.2) is 11.8 Å². The first kappa shape index (κ1) is 22.7. The second kappa shape index (κ2) is 9.85. The molecule has 0 bridgehead atoms. The third kappa shape index (κ3) is 4.24. The van der Waals surface area contributed by atoms with Crippen LogP contribution in [0.1, 0.15) is 23.0 Å². The summed E-state index contributed by atoms with van der Waals surface area (Å²) < 4.78 is 21.5. The fourth-order valence-corrected chi connectivity index (χ4v) is 3.96. The van der Waals surface area contributed by atoms with Crippen molar-refractivity contribution in [1.82, 2.24) is 4.90 Å². The molecule has 0 radical (unpaired) electrons. The van der Waals surface area contributed by atoms with Crippen LogP contribution >= 0.6 is 0 Å². The number of hydrogen-bond donors (Lipinski definition) is 0. The van der Waals surface area contributed by atoms with Gasteiger partial charge in [-0.05, 0) is 35.4 Å². The summed E-state index contributed by atoms with van der Waals surface area (Å²) in [7, 11) is 4.38. The zero-order valence-corrected chi connectivity index (χ0v) is 17.7. The van der Waals surface area contributed by atoms with Crippen LogP contribution in [0, 0.1) is 21.4 Å². The maximum Gasteiger partial charge on any atom is 0.277 e. The van der Waals surface area contributed by atoms with Crippen molar-refractivity contribution >= 4 is 5.69 Å². The van der Waals surface area contributed by atoms with Crippen molar-refractivity contribution in [2.75, 3.05) is 47.6 Å². The molecule has 0 aliphatic carbocycles. The number of methoxy groups -OCH3 is 3. The van der Waals surface area contributed by atoms with E-state index in [9.17, 15) is 15.4 Å². The number of ether oxygens (including phenoxy) is 4. The van der Waals surface area contributed by atoms with Crippen LogP contribution in [-0.2, 0) is 19.7 Å². The Balaban J connectivity index is 2.27. The van der Waals surface area contributed by atoms with E-state index in [1.807, 2.05) is 23.1 Å². The minimum absolute atomic E-state index is 0.142. The fraction of sp³-hybridized carbons (Fsp3) is 0.409. The average molecular weight is 427 g/mol. The van der Waals surface area contributed by atoms with E-state index in [-0.39, 0.29) is 11.3 Å². The van der Waals surface area contributed by atoms with Crippen LogP contribution in [0.2, 0.25) is 0 Å². The first-order valence-electron chi connectivity index (χ1n) is 9.74. The number of nitrogens with zero attached hydrogens (tertiary/aromatic N) is 3. The van der Waals surface area contributed by atoms with E-state index in [1.165, 1.54) is 20.3 Å². The van der Waals surface area contributed by atoms with E-state index in [0.29, 0.717) is 43.2 Å². The van der Waals surface area contributed by atoms with Crippen molar-refractivity contribution < 1.29 is 23.9 Å². The molecule has 3 rings (SSSR count). The van der Waals surface area contributed by atoms with Crippen LogP contribution in [0.15, 0.2) is 42.5 Å². The molecule has 1 saturated heterocycles. The van der Waals surface area contributed by atoms with Crippen LogP contribution in [-0.4, -0.2) is 57.5 Å². The molecule has 9 heteroatoms. The Bertz CT molecular complexity index is 966. The van der Waals surface area contributed by atoms with Crippen molar-refractivity contribution in [3.8, 4) is 11.8 Å². The molecule has 1 aliphatic rings. The Morgan fingerprint density at radius 1 is 1.13 bits per heavy atom. The van der Waals surface area contributed by atoms with Crippen molar-refractivity contribution in [3.05, 3.63) is 69.3 Å². The fourth-order valence-electron chi connectivity index (χ4n) is 3.96. The topological polar surface area (TPSA) is 107 Å². The molecule has 2 aromatic rings. The number of nitro benzene ring substituents is 1. The normalized spacial score (nSPS) is 16.5. The monoisotopic (exact) mass is 427 g/mol. The molecule has 9 nitrogen and oxygen atoms in total. The standard InChI is InChI=1S/C22H25N3O6/c1-28-18-6-4-5-16(13-18)22(15-23,24-9-11-31-12-10-24)17-7-8-20(25(26)27)19(14-17)21(29-2)30-3/h4-8,13-14,21H,9-12H2,1-3H3. The molecule has 1 unspecified atom stereocenters. The summed E-state index contributed by atoms with van der Waals surface area (Å²) in [5.74, 6) is 0.610. The van der Waals surface area contributed by atoms with Gasteiger partial charge in [-0.1, -0.05) is 12.1 Å². The molecule has 0 spiro atoms. The molecule has 0 saturated carbocycles. The summed E-state index contributed by atoms with van der Waals surface area (Å²) in [5.41, 5.74) is 0.154. The van der Waals surface area contributed by atoms with Crippen LogP contribution in [0.4, 0.5) is 5.69 Å². The Hall–Kier alpha value is -3.03. The summed E-state index contributed by atoms with van der Waals surface area (Å²) in [6.07, 6.45) is -0.952. The van der Waals surface area contributed by atoms with E-state index in [0.717, 1.165) is 0 Å². The SMILES string of the molecule is COc1cccc(C(C#N)(c2ccc([N+](=O)[O-])c(C(OC)OC)c2)N2CCOCC2)c1. The van der Waals surface area contributed by atoms with Gasteiger partial charge in [-0.2, -0.15) is 5.26 Å². The average Bonchev–Trinajstić information content (AvgIpc) is 2.81. The molecule has 0 N–H and O–H groups in total. The van der Waals surface area contributed by atoms with E-state index < -0.39 is 16.8 Å². The van der Waals surface area contributed by atoms with Gasteiger partial charge in [0.25, 0.3) is 5.69 Å². The highest BCUT2D eigenvalue weighted by Gasteiger charge is 2.43. The zero-order valence-electron chi connectivity index (χ0n) is 17.7. The predicted molar refractivity (Wildman–Crippen MR) is 112 cm³/mol. The van der Waals surface area contributed by atoms with Gasteiger partial charge < -0.3 is 18.9 Å². The van der Waals surface area contributed by atoms with Gasteiger partial charge in [0.05, 0.1) is 36.9 Å². The lowest BCUT2D eigenvalue weighted by Gasteiger charge is -2.41. The van der Waals surface area contributed by atoms with Crippen LogP contribution in [0.5, 0.6) is 5.75 Å². The third-order valence-electron chi connectivity index (χ3n) is 5.46. The minimum atomic E-state index is -1.21. The van der Waals surface area contributed by atoms with Crippen molar-refractivity contribution in [2.24, 2.45) is 0 Å². The molecule has 1 aliphatic heterocycles. The second-order valence-electron chi connectivity index (χ2n) is 6.99. The van der Waals surface area contributed by atoms with Crippen molar-refractivity contribution in [2.45, 2.75) is 11.8 Å². The molecular formula is C22H25N3O6. The van der Waals surface area contributed by atoms with Gasteiger partial charge in [-0.25, -0.2) is 0 Å². The van der Waals surface area contributed by atoms with Crippen molar-refractivity contribution in [3.63, 3.8) is 0 Å². The highest BCUT2D eigenvalue weighted by molar-refractivity contribution is 5.53. The van der Waals surface area contributed by atoms with Crippen LogP contribution in [0.3, 0.4) is 0 Å². The first-order chi connectivity index (χ1) is 15.0. The van der Waals surface area contributed by atoms with E-state index in [1.54, 1.807) is 25.3 Å². The van der Waals surface area contributed by atoms with Gasteiger partial charge in [-0.3, -0.25) is 15.0 Å². The summed E-state index contributed by atoms with van der Waals surface area (Å²) in [5, 5.41) is 22.2. The molecule has 31 heavy (non-hydrogen) atoms. The Labute approximate surface area is 180 Å². The van der Waals surface area contributed by atoms with Gasteiger partial charge in [-0.15, -0.1) is 0 Å². The van der Waals surface area contributed by atoms with Crippen LogP contribution in [0.25, 0.3) is 0 Å². The summed E-state index contributed by atoms with van der Waals surface area (Å²) in [6, 6.07) is 14.4. The molecule has 0 amide bonds. The largest absolute Gasteiger partial charge is 0.497 e. The Morgan fingerprint density at radius 3 is 2.39 bits per heavy atom. The quantitative estimate of drug-likeness (QED) is 0.359. The Kier molecular flexibility index (Phi) is 7.20. The summed E-state index contributed by atoms with van der Waals surface area (Å²) in [6.45, 7) is 2.00. The second-order valence-corrected chi connectivity index (χ2v) is 6.99. The number of rotatable bonds is 8. The zero-order chi connectivity index (χ0) is 22.4. The highest BCUT2D eigenvalue weighted by Crippen LogP contribution is 2.40. The molecule has 1 heterocycles. The lowest BCUT2D eigenvalue weighted by atomic mass is 9.81. The maximum atomic E-state index is 11.6. The highest BCUT2D eigenvalue weighted by atomic mass is 16.7. The van der Waals surface area contributed by atoms with Gasteiger partial charge in [0.1, 0.15) is 5.75 Å². The van der Waals surface area contributed by atoms with Crippen LogP contribution < -0.4 is 4.74 Å². The van der Waals surface area contributed by atoms with Gasteiger partial charge in [0, 0.05) is 33.4 Å². The molecule has 1 fully saturated rings. The number of benzene rings is 2. The minimum Gasteiger partial charge on any atom is -0.497 e. The lowest BCUT2D eigenvalue weighted by Crippen LogP contribution is -2.51. The number of nitriles is 1. The van der Waals surface area contributed by atoms with E-state index in [4.69, 9.17) is 18.9 Å². The smallest absolute Gasteiger partial charge is 0.277 e. The number of nitro groups is 1. The number of morpholine rings is 1. The molecule has 164 valence electrons. The molecular weight excluding hydrogens is 402 g/mol.